The van der Waals surface area contributed by atoms with Crippen molar-refractivity contribution >= 4 is 12.0 Å². The van der Waals surface area contributed by atoms with Gasteiger partial charge in [-0.2, -0.15) is 10.0 Å². The highest BCUT2D eigenvalue weighted by Crippen LogP contribution is 2.03. The second kappa shape index (κ2) is 4.75. The molecule has 0 heterocycles. The monoisotopic (exact) mass is 205 g/mol. The minimum atomic E-state index is -0.0438. The molecule has 3 heteroatoms. The molecule has 0 saturated heterocycles. The molecule has 0 saturated carbocycles. The molecule has 80 valence electrons. The Balaban J connectivity index is 2.68. The van der Waals surface area contributed by atoms with Gasteiger partial charge in [0.15, 0.2) is 0 Å². The van der Waals surface area contributed by atoms with Gasteiger partial charge < -0.3 is 0 Å². The quantitative estimate of drug-likeness (QED) is 0.591. The molecule has 15 heavy (non-hydrogen) atoms. The Morgan fingerprint density at radius 1 is 1.27 bits per heavy atom. The average Bonchev–Trinajstić information content (AvgIpc) is 2.15. The summed E-state index contributed by atoms with van der Waals surface area (Å²) in [6.45, 7) is 1.51. The maximum atomic E-state index is 10.9. The fourth-order valence-electron chi connectivity index (χ4n) is 1.28. The van der Waals surface area contributed by atoms with Crippen molar-refractivity contribution in [1.82, 2.24) is 5.43 Å². The number of carbonyl (C=O) groups excluding carboxylic acids is 1. The molecule has 0 aliphatic carbocycles. The Labute approximate surface area is 90.6 Å². The van der Waals surface area contributed by atoms with Crippen LogP contribution in [0.4, 0.5) is 0 Å². The van der Waals surface area contributed by atoms with Gasteiger partial charge in [-0.3, -0.25) is 4.79 Å². The van der Waals surface area contributed by atoms with Crippen molar-refractivity contribution in [2.75, 3.05) is 14.1 Å². The van der Waals surface area contributed by atoms with Crippen LogP contribution in [0.3, 0.4) is 0 Å². The summed E-state index contributed by atoms with van der Waals surface area (Å²) in [6.07, 6.45) is 3.91. The number of hydrogen-bond acceptors (Lipinski definition) is 1. The number of nitrogens with zero attached hydrogens (tertiary/aromatic N) is 1. The summed E-state index contributed by atoms with van der Waals surface area (Å²) < 4.78 is 0.338. The molecule has 0 aromatic heterocycles. The molecule has 1 amide bonds. The number of amides is 1. The van der Waals surface area contributed by atoms with Crippen LogP contribution in [-0.4, -0.2) is 24.6 Å². The second-order valence-corrected chi connectivity index (χ2v) is 3.93. The molecule has 1 aromatic rings. The average molecular weight is 205 g/mol. The van der Waals surface area contributed by atoms with Gasteiger partial charge in [-0.15, -0.1) is 0 Å². The minimum absolute atomic E-state index is 0.0438. The molecule has 0 aliphatic rings. The first-order valence-corrected chi connectivity index (χ1v) is 4.86. The maximum Gasteiger partial charge on any atom is 0.262 e. The molecular weight excluding hydrogens is 188 g/mol. The van der Waals surface area contributed by atoms with Gasteiger partial charge in [0.05, 0.1) is 14.1 Å². The van der Waals surface area contributed by atoms with Crippen molar-refractivity contribution in [3.8, 4) is 0 Å². The molecule has 0 radical (unpaired) electrons. The Hall–Kier alpha value is -1.61. The van der Waals surface area contributed by atoms with Gasteiger partial charge in [-0.1, -0.05) is 30.3 Å². The minimum Gasteiger partial charge on any atom is -0.270 e. The Bertz CT molecular complexity index is 355. The molecule has 1 N–H and O–H groups in total. The van der Waals surface area contributed by atoms with Crippen molar-refractivity contribution < 1.29 is 9.39 Å². The molecule has 0 aliphatic heterocycles. The smallest absolute Gasteiger partial charge is 0.262 e. The zero-order valence-electron chi connectivity index (χ0n) is 9.40. The lowest BCUT2D eigenvalue weighted by molar-refractivity contribution is -0.874. The van der Waals surface area contributed by atoms with Crippen molar-refractivity contribution in [3.63, 3.8) is 0 Å². The highest BCUT2D eigenvalue weighted by molar-refractivity contribution is 5.71. The van der Waals surface area contributed by atoms with E-state index in [-0.39, 0.29) is 5.91 Å². The van der Waals surface area contributed by atoms with E-state index in [1.165, 1.54) is 6.92 Å². The number of benzene rings is 1. The summed E-state index contributed by atoms with van der Waals surface area (Å²) in [5, 5.41) is 0. The van der Waals surface area contributed by atoms with Crippen LogP contribution in [0.5, 0.6) is 0 Å². The van der Waals surface area contributed by atoms with Crippen LogP contribution in [-0.2, 0) is 4.79 Å². The topological polar surface area (TPSA) is 29.1 Å². The van der Waals surface area contributed by atoms with E-state index in [1.807, 2.05) is 56.7 Å². The summed E-state index contributed by atoms with van der Waals surface area (Å²) >= 11 is 0. The van der Waals surface area contributed by atoms with E-state index >= 15 is 0 Å². The predicted octanol–water partition coefficient (Wildman–Crippen LogP) is 1.78. The Morgan fingerprint density at radius 2 is 1.87 bits per heavy atom. The van der Waals surface area contributed by atoms with Crippen LogP contribution in [0.1, 0.15) is 12.5 Å². The highest BCUT2D eigenvalue weighted by atomic mass is 16.2. The van der Waals surface area contributed by atoms with Crippen molar-refractivity contribution in [3.05, 3.63) is 42.1 Å². The third-order valence-corrected chi connectivity index (χ3v) is 1.88. The molecular formula is C12H17N2O+. The van der Waals surface area contributed by atoms with Gasteiger partial charge in [0.2, 0.25) is 0 Å². The van der Waals surface area contributed by atoms with E-state index in [0.29, 0.717) is 4.59 Å². The van der Waals surface area contributed by atoms with Crippen LogP contribution in [0, 0.1) is 0 Å². The van der Waals surface area contributed by atoms with Gasteiger partial charge in [-0.25, -0.2) is 0 Å². The number of hydrogen-bond donors (Lipinski definition) is 1. The molecule has 0 atom stereocenters. The Kier molecular flexibility index (Phi) is 3.63. The summed E-state index contributed by atoms with van der Waals surface area (Å²) in [5.74, 6) is -0.0438. The summed E-state index contributed by atoms with van der Waals surface area (Å²) in [5.41, 5.74) is 3.92. The summed E-state index contributed by atoms with van der Waals surface area (Å²) in [7, 11) is 3.81. The van der Waals surface area contributed by atoms with E-state index in [2.05, 4.69) is 5.43 Å². The molecule has 1 aromatic carbocycles. The lowest BCUT2D eigenvalue weighted by atomic mass is 10.2. The molecule has 3 nitrogen and oxygen atoms in total. The van der Waals surface area contributed by atoms with E-state index in [1.54, 1.807) is 0 Å². The van der Waals surface area contributed by atoms with Gasteiger partial charge in [0, 0.05) is 13.0 Å². The highest BCUT2D eigenvalue weighted by Gasteiger charge is 2.11. The van der Waals surface area contributed by atoms with E-state index in [0.717, 1.165) is 5.56 Å². The fraction of sp³-hybridized carbons (Fsp3) is 0.250. The molecule has 0 unspecified atom stereocenters. The first-order chi connectivity index (χ1) is 6.99. The van der Waals surface area contributed by atoms with Crippen molar-refractivity contribution in [2.24, 2.45) is 0 Å². The van der Waals surface area contributed by atoms with Crippen LogP contribution in [0.2, 0.25) is 0 Å². The maximum absolute atomic E-state index is 10.9. The van der Waals surface area contributed by atoms with E-state index in [4.69, 9.17) is 0 Å². The molecule has 0 spiro atoms. The SMILES string of the molecule is CC(=O)N[N+](C)(C)C=Cc1ccccc1. The first kappa shape index (κ1) is 11.5. The zero-order chi connectivity index (χ0) is 11.3. The van der Waals surface area contributed by atoms with Gasteiger partial charge in [0.25, 0.3) is 5.91 Å². The molecule has 1 rings (SSSR count). The van der Waals surface area contributed by atoms with Crippen LogP contribution in [0.15, 0.2) is 36.5 Å². The summed E-state index contributed by atoms with van der Waals surface area (Å²) in [4.78, 5) is 10.9. The van der Waals surface area contributed by atoms with Crippen LogP contribution >= 0.6 is 0 Å². The first-order valence-electron chi connectivity index (χ1n) is 4.86. The van der Waals surface area contributed by atoms with Gasteiger partial charge in [0.1, 0.15) is 6.20 Å². The van der Waals surface area contributed by atoms with Crippen LogP contribution < -0.4 is 5.43 Å². The Morgan fingerprint density at radius 3 is 2.40 bits per heavy atom. The van der Waals surface area contributed by atoms with Gasteiger partial charge in [-0.05, 0) is 5.56 Å². The number of nitrogens with one attached hydrogen (secondary N) is 1. The lowest BCUT2D eigenvalue weighted by Crippen LogP contribution is -2.49. The largest absolute Gasteiger partial charge is 0.270 e. The standard InChI is InChI=1S/C12H16N2O/c1-11(15)13-14(2,3)10-9-12-7-5-4-6-8-12/h4-10H,1-3H3/p+1. The lowest BCUT2D eigenvalue weighted by Gasteiger charge is -2.23. The third-order valence-electron chi connectivity index (χ3n) is 1.88. The fourth-order valence-corrected chi connectivity index (χ4v) is 1.28. The number of quaternary nitrogens is 1. The molecule has 0 bridgehead atoms. The van der Waals surface area contributed by atoms with E-state index < -0.39 is 0 Å². The van der Waals surface area contributed by atoms with Crippen molar-refractivity contribution in [2.45, 2.75) is 6.92 Å². The van der Waals surface area contributed by atoms with Gasteiger partial charge >= 0.3 is 0 Å². The molecule has 0 fully saturated rings. The number of rotatable bonds is 3. The zero-order valence-corrected chi connectivity index (χ0v) is 9.40. The second-order valence-electron chi connectivity index (χ2n) is 3.93. The predicted molar refractivity (Wildman–Crippen MR) is 61.4 cm³/mol. The normalized spacial score (nSPS) is 11.7. The number of carbonyl (C=O) groups is 1. The third kappa shape index (κ3) is 4.42. The van der Waals surface area contributed by atoms with Crippen molar-refractivity contribution in [1.29, 1.82) is 0 Å². The van der Waals surface area contributed by atoms with E-state index in [9.17, 15) is 4.79 Å². The van der Waals surface area contributed by atoms with Crippen LogP contribution in [0.25, 0.3) is 6.08 Å². The summed E-state index contributed by atoms with van der Waals surface area (Å²) in [6, 6.07) is 9.98.